The average molecular weight is 441 g/mol. The standard InChI is InChI=1S/C28H40O4/c1-3-4-5-6-7-8-9-11-15-23(2)31-20-14-21-32-25-18-19-26(27(22-25)28(29)30)24-16-12-10-13-17-24/h10,12-13,16-19,22-23H,3-9,11,14-15,20-21H2,1-2H3,(H,29,30). The molecule has 0 spiro atoms. The van der Waals surface area contributed by atoms with E-state index < -0.39 is 5.97 Å². The second-order valence-corrected chi connectivity index (χ2v) is 8.53. The smallest absolute Gasteiger partial charge is 0.336 e. The number of carboxylic acids is 1. The van der Waals surface area contributed by atoms with E-state index in [1.807, 2.05) is 42.5 Å². The number of ether oxygens (including phenoxy) is 2. The van der Waals surface area contributed by atoms with Crippen molar-refractivity contribution in [1.82, 2.24) is 0 Å². The van der Waals surface area contributed by atoms with Crippen molar-refractivity contribution in [2.45, 2.75) is 84.2 Å². The lowest BCUT2D eigenvalue weighted by atomic mass is 9.99. The summed E-state index contributed by atoms with van der Waals surface area (Å²) in [7, 11) is 0. The van der Waals surface area contributed by atoms with Gasteiger partial charge < -0.3 is 14.6 Å². The molecule has 4 heteroatoms. The predicted molar refractivity (Wildman–Crippen MR) is 132 cm³/mol. The zero-order valence-electron chi connectivity index (χ0n) is 19.9. The van der Waals surface area contributed by atoms with Crippen LogP contribution in [0.15, 0.2) is 48.5 Å². The van der Waals surface area contributed by atoms with Gasteiger partial charge in [0.2, 0.25) is 0 Å². The van der Waals surface area contributed by atoms with E-state index in [1.54, 1.807) is 6.07 Å². The van der Waals surface area contributed by atoms with Crippen LogP contribution in [0.1, 0.15) is 88.4 Å². The molecule has 1 N–H and O–H groups in total. The van der Waals surface area contributed by atoms with E-state index in [9.17, 15) is 9.90 Å². The molecule has 1 atom stereocenters. The van der Waals surface area contributed by atoms with Crippen LogP contribution in [0.2, 0.25) is 0 Å². The molecule has 0 aliphatic rings. The summed E-state index contributed by atoms with van der Waals surface area (Å²) in [6, 6.07) is 14.8. The van der Waals surface area contributed by atoms with Crippen LogP contribution in [-0.4, -0.2) is 30.4 Å². The van der Waals surface area contributed by atoms with Gasteiger partial charge in [0, 0.05) is 6.42 Å². The average Bonchev–Trinajstić information content (AvgIpc) is 2.81. The van der Waals surface area contributed by atoms with Crippen molar-refractivity contribution >= 4 is 5.97 Å². The Kier molecular flexibility index (Phi) is 12.5. The maximum Gasteiger partial charge on any atom is 0.336 e. The first kappa shape index (κ1) is 25.9. The molecule has 1 unspecified atom stereocenters. The molecule has 0 aliphatic carbocycles. The third-order valence-corrected chi connectivity index (χ3v) is 5.73. The molecular weight excluding hydrogens is 400 g/mol. The van der Waals surface area contributed by atoms with Gasteiger partial charge in [-0.2, -0.15) is 0 Å². The molecule has 32 heavy (non-hydrogen) atoms. The fraction of sp³-hybridized carbons (Fsp3) is 0.536. The SMILES string of the molecule is CCCCCCCCCCC(C)OCCCOc1ccc(-c2ccccc2)c(C(=O)O)c1. The first-order valence-corrected chi connectivity index (χ1v) is 12.3. The normalized spacial score (nSPS) is 11.9. The lowest BCUT2D eigenvalue weighted by Crippen LogP contribution is -2.11. The van der Waals surface area contributed by atoms with Crippen LogP contribution < -0.4 is 4.74 Å². The summed E-state index contributed by atoms with van der Waals surface area (Å²) >= 11 is 0. The second kappa shape index (κ2) is 15.5. The van der Waals surface area contributed by atoms with E-state index in [4.69, 9.17) is 9.47 Å². The molecule has 2 rings (SSSR count). The quantitative estimate of drug-likeness (QED) is 0.255. The number of benzene rings is 2. The Balaban J connectivity index is 1.62. The molecular formula is C28H40O4. The van der Waals surface area contributed by atoms with E-state index in [2.05, 4.69) is 13.8 Å². The van der Waals surface area contributed by atoms with Crippen LogP contribution in [0, 0.1) is 0 Å². The maximum atomic E-state index is 11.7. The van der Waals surface area contributed by atoms with Gasteiger partial charge in [-0.3, -0.25) is 0 Å². The van der Waals surface area contributed by atoms with Crippen molar-refractivity contribution in [3.8, 4) is 16.9 Å². The Morgan fingerprint density at radius 1 is 0.875 bits per heavy atom. The summed E-state index contributed by atoms with van der Waals surface area (Å²) in [6.45, 7) is 5.57. The summed E-state index contributed by atoms with van der Waals surface area (Å²) in [6.07, 6.45) is 12.8. The second-order valence-electron chi connectivity index (χ2n) is 8.53. The molecule has 0 bridgehead atoms. The highest BCUT2D eigenvalue weighted by Gasteiger charge is 2.13. The molecule has 2 aromatic carbocycles. The largest absolute Gasteiger partial charge is 0.493 e. The van der Waals surface area contributed by atoms with Crippen LogP contribution in [0.25, 0.3) is 11.1 Å². The molecule has 0 aromatic heterocycles. The zero-order chi connectivity index (χ0) is 23.0. The van der Waals surface area contributed by atoms with Crippen molar-refractivity contribution in [3.63, 3.8) is 0 Å². The van der Waals surface area contributed by atoms with Crippen LogP contribution in [-0.2, 0) is 4.74 Å². The summed E-state index contributed by atoms with van der Waals surface area (Å²) in [5, 5.41) is 9.60. The molecule has 0 saturated carbocycles. The number of unbranched alkanes of at least 4 members (excludes halogenated alkanes) is 7. The number of aromatic carboxylic acids is 1. The Morgan fingerprint density at radius 3 is 2.25 bits per heavy atom. The van der Waals surface area contributed by atoms with Gasteiger partial charge in [-0.05, 0) is 42.7 Å². The number of hydrogen-bond donors (Lipinski definition) is 1. The molecule has 0 heterocycles. The van der Waals surface area contributed by atoms with Gasteiger partial charge in [0.25, 0.3) is 0 Å². The van der Waals surface area contributed by atoms with Gasteiger partial charge in [-0.25, -0.2) is 4.79 Å². The molecule has 4 nitrogen and oxygen atoms in total. The van der Waals surface area contributed by atoms with Crippen molar-refractivity contribution in [1.29, 1.82) is 0 Å². The van der Waals surface area contributed by atoms with Crippen LogP contribution >= 0.6 is 0 Å². The Labute approximate surface area is 194 Å². The number of rotatable bonds is 17. The van der Waals surface area contributed by atoms with Crippen molar-refractivity contribution < 1.29 is 19.4 Å². The fourth-order valence-electron chi connectivity index (χ4n) is 3.84. The van der Waals surface area contributed by atoms with Crippen LogP contribution in [0.5, 0.6) is 5.75 Å². The monoisotopic (exact) mass is 440 g/mol. The van der Waals surface area contributed by atoms with Crippen molar-refractivity contribution in [3.05, 3.63) is 54.1 Å². The van der Waals surface area contributed by atoms with E-state index >= 15 is 0 Å². The van der Waals surface area contributed by atoms with Gasteiger partial charge in [0.15, 0.2) is 0 Å². The lowest BCUT2D eigenvalue weighted by Gasteiger charge is -2.14. The first-order chi connectivity index (χ1) is 15.6. The summed E-state index contributed by atoms with van der Waals surface area (Å²) < 4.78 is 11.7. The molecule has 0 aliphatic heterocycles. The van der Waals surface area contributed by atoms with Gasteiger partial charge in [0.05, 0.1) is 24.9 Å². The Morgan fingerprint density at radius 2 is 1.56 bits per heavy atom. The minimum Gasteiger partial charge on any atom is -0.493 e. The van der Waals surface area contributed by atoms with E-state index in [0.29, 0.717) is 24.5 Å². The third kappa shape index (κ3) is 9.86. The lowest BCUT2D eigenvalue weighted by molar-refractivity contribution is 0.0506. The van der Waals surface area contributed by atoms with Crippen LogP contribution in [0.3, 0.4) is 0 Å². The zero-order valence-corrected chi connectivity index (χ0v) is 19.9. The molecule has 2 aromatic rings. The highest BCUT2D eigenvalue weighted by atomic mass is 16.5. The van der Waals surface area contributed by atoms with Gasteiger partial charge in [0.1, 0.15) is 5.75 Å². The highest BCUT2D eigenvalue weighted by Crippen LogP contribution is 2.27. The predicted octanol–water partition coefficient (Wildman–Crippen LogP) is 7.76. The minimum absolute atomic E-state index is 0.254. The van der Waals surface area contributed by atoms with Crippen LogP contribution in [0.4, 0.5) is 0 Å². The van der Waals surface area contributed by atoms with E-state index in [-0.39, 0.29) is 11.7 Å². The van der Waals surface area contributed by atoms with Gasteiger partial charge >= 0.3 is 5.97 Å². The fourth-order valence-corrected chi connectivity index (χ4v) is 3.84. The topological polar surface area (TPSA) is 55.8 Å². The Hall–Kier alpha value is -2.33. The molecule has 0 saturated heterocycles. The third-order valence-electron chi connectivity index (χ3n) is 5.73. The molecule has 0 fully saturated rings. The number of hydrogen-bond acceptors (Lipinski definition) is 3. The summed E-state index contributed by atoms with van der Waals surface area (Å²) in [5.74, 6) is -0.374. The number of carbonyl (C=O) groups is 1. The van der Waals surface area contributed by atoms with Gasteiger partial charge in [-0.1, -0.05) is 88.6 Å². The molecule has 176 valence electrons. The summed E-state index contributed by atoms with van der Waals surface area (Å²) in [4.78, 5) is 11.7. The van der Waals surface area contributed by atoms with Crippen molar-refractivity contribution in [2.24, 2.45) is 0 Å². The first-order valence-electron chi connectivity index (χ1n) is 12.3. The number of carboxylic acid groups (broad SMARTS) is 1. The Bertz CT molecular complexity index is 772. The summed E-state index contributed by atoms with van der Waals surface area (Å²) in [5.41, 5.74) is 1.84. The minimum atomic E-state index is -0.951. The highest BCUT2D eigenvalue weighted by molar-refractivity contribution is 5.96. The molecule has 0 radical (unpaired) electrons. The van der Waals surface area contributed by atoms with E-state index in [0.717, 1.165) is 18.4 Å². The van der Waals surface area contributed by atoms with Crippen molar-refractivity contribution in [2.75, 3.05) is 13.2 Å². The maximum absolute atomic E-state index is 11.7. The van der Waals surface area contributed by atoms with E-state index in [1.165, 1.54) is 51.4 Å². The van der Waals surface area contributed by atoms with Gasteiger partial charge in [-0.15, -0.1) is 0 Å². The molecule has 0 amide bonds.